The van der Waals surface area contributed by atoms with Crippen LogP contribution in [0.1, 0.15) is 19.8 Å². The van der Waals surface area contributed by atoms with Gasteiger partial charge >= 0.3 is 12.0 Å². The highest BCUT2D eigenvalue weighted by Crippen LogP contribution is 1.96. The molecule has 0 fully saturated rings. The van der Waals surface area contributed by atoms with Crippen LogP contribution in [0.4, 0.5) is 4.79 Å². The van der Waals surface area contributed by atoms with E-state index in [1.807, 2.05) is 0 Å². The number of carboxylic acid groups (broad SMARTS) is 1. The molecule has 3 N–H and O–H groups in total. The number of ether oxygens (including phenoxy) is 2. The standard InChI is InChI=1S/C11H22N2O5/c1-8(4-5-10(14)15)13-11(16)12-6-9(18-3)7-17-2/h8-9H,4-7H2,1-3H3,(H,14,15)(H2,12,13,16). The van der Waals surface area contributed by atoms with Crippen LogP contribution >= 0.6 is 0 Å². The molecule has 18 heavy (non-hydrogen) atoms. The second-order valence-electron chi connectivity index (χ2n) is 4.00. The second kappa shape index (κ2) is 9.67. The number of carboxylic acids is 1. The van der Waals surface area contributed by atoms with Crippen LogP contribution in [-0.4, -0.2) is 56.6 Å². The van der Waals surface area contributed by atoms with E-state index in [4.69, 9.17) is 14.6 Å². The molecule has 0 radical (unpaired) electrons. The minimum atomic E-state index is -0.872. The largest absolute Gasteiger partial charge is 0.481 e. The maximum atomic E-state index is 11.5. The lowest BCUT2D eigenvalue weighted by Crippen LogP contribution is -2.44. The van der Waals surface area contributed by atoms with Gasteiger partial charge in [0.15, 0.2) is 0 Å². The van der Waals surface area contributed by atoms with Crippen molar-refractivity contribution in [3.05, 3.63) is 0 Å². The van der Waals surface area contributed by atoms with Crippen molar-refractivity contribution < 1.29 is 24.2 Å². The van der Waals surface area contributed by atoms with Gasteiger partial charge in [-0.15, -0.1) is 0 Å². The molecule has 2 amide bonds. The van der Waals surface area contributed by atoms with Gasteiger partial charge in [0, 0.05) is 33.2 Å². The Kier molecular flexibility index (Phi) is 8.95. The fourth-order valence-electron chi connectivity index (χ4n) is 1.29. The summed E-state index contributed by atoms with van der Waals surface area (Å²) in [6, 6.07) is -0.532. The van der Waals surface area contributed by atoms with Crippen molar-refractivity contribution in [1.29, 1.82) is 0 Å². The van der Waals surface area contributed by atoms with Crippen molar-refractivity contribution in [2.24, 2.45) is 0 Å². The average molecular weight is 262 g/mol. The first-order valence-corrected chi connectivity index (χ1v) is 5.77. The van der Waals surface area contributed by atoms with Crippen LogP contribution in [0.25, 0.3) is 0 Å². The quantitative estimate of drug-likeness (QED) is 0.551. The third-order valence-corrected chi connectivity index (χ3v) is 2.34. The fourth-order valence-corrected chi connectivity index (χ4v) is 1.29. The monoisotopic (exact) mass is 262 g/mol. The maximum Gasteiger partial charge on any atom is 0.315 e. The number of carbonyl (C=O) groups is 2. The van der Waals surface area contributed by atoms with Gasteiger partial charge in [0.2, 0.25) is 0 Å². The highest BCUT2D eigenvalue weighted by atomic mass is 16.5. The fraction of sp³-hybridized carbons (Fsp3) is 0.818. The third-order valence-electron chi connectivity index (χ3n) is 2.34. The molecular formula is C11H22N2O5. The van der Waals surface area contributed by atoms with E-state index in [1.54, 1.807) is 21.1 Å². The molecule has 7 nitrogen and oxygen atoms in total. The van der Waals surface area contributed by atoms with Crippen LogP contribution in [-0.2, 0) is 14.3 Å². The summed E-state index contributed by atoms with van der Waals surface area (Å²) in [5.74, 6) is -0.872. The van der Waals surface area contributed by atoms with Gasteiger partial charge in [-0.1, -0.05) is 0 Å². The van der Waals surface area contributed by atoms with Gasteiger partial charge in [-0.3, -0.25) is 4.79 Å². The molecule has 0 aliphatic heterocycles. The Labute approximate surface area is 107 Å². The van der Waals surface area contributed by atoms with Gasteiger partial charge in [-0.2, -0.15) is 0 Å². The second-order valence-corrected chi connectivity index (χ2v) is 4.00. The number of methoxy groups -OCH3 is 2. The highest BCUT2D eigenvalue weighted by molar-refractivity contribution is 5.74. The molecule has 0 saturated carbocycles. The van der Waals surface area contributed by atoms with E-state index in [-0.39, 0.29) is 24.6 Å². The summed E-state index contributed by atoms with van der Waals surface area (Å²) in [5.41, 5.74) is 0. The van der Waals surface area contributed by atoms with Gasteiger partial charge in [-0.05, 0) is 13.3 Å². The van der Waals surface area contributed by atoms with E-state index < -0.39 is 5.97 Å². The zero-order valence-electron chi connectivity index (χ0n) is 11.1. The van der Waals surface area contributed by atoms with Crippen molar-refractivity contribution in [1.82, 2.24) is 10.6 Å². The van der Waals surface area contributed by atoms with E-state index in [0.717, 1.165) is 0 Å². The van der Waals surface area contributed by atoms with E-state index >= 15 is 0 Å². The van der Waals surface area contributed by atoms with Crippen LogP contribution in [0.15, 0.2) is 0 Å². The zero-order chi connectivity index (χ0) is 14.0. The molecule has 0 rings (SSSR count). The van der Waals surface area contributed by atoms with Gasteiger partial charge in [0.25, 0.3) is 0 Å². The third kappa shape index (κ3) is 8.77. The van der Waals surface area contributed by atoms with Gasteiger partial charge in [-0.25, -0.2) is 4.79 Å². The number of rotatable bonds is 9. The highest BCUT2D eigenvalue weighted by Gasteiger charge is 2.11. The number of urea groups is 1. The Hall–Kier alpha value is -1.34. The Balaban J connectivity index is 3.78. The first-order valence-electron chi connectivity index (χ1n) is 5.77. The van der Waals surface area contributed by atoms with E-state index in [2.05, 4.69) is 10.6 Å². The molecule has 0 heterocycles. The van der Waals surface area contributed by atoms with Crippen LogP contribution in [0.5, 0.6) is 0 Å². The van der Waals surface area contributed by atoms with E-state index in [0.29, 0.717) is 19.6 Å². The topological polar surface area (TPSA) is 96.9 Å². The number of hydrogen-bond donors (Lipinski definition) is 3. The van der Waals surface area contributed by atoms with Gasteiger partial charge in [0.05, 0.1) is 12.7 Å². The van der Waals surface area contributed by atoms with Crippen LogP contribution in [0.2, 0.25) is 0 Å². The summed E-state index contributed by atoms with van der Waals surface area (Å²) in [7, 11) is 3.10. The molecular weight excluding hydrogens is 240 g/mol. The molecule has 7 heteroatoms. The SMILES string of the molecule is COCC(CNC(=O)NC(C)CCC(=O)O)OC. The van der Waals surface area contributed by atoms with Crippen molar-refractivity contribution in [3.63, 3.8) is 0 Å². The van der Waals surface area contributed by atoms with Crippen LogP contribution in [0, 0.1) is 0 Å². The minimum Gasteiger partial charge on any atom is -0.481 e. The molecule has 106 valence electrons. The minimum absolute atomic E-state index is 0.0335. The summed E-state index contributed by atoms with van der Waals surface area (Å²) < 4.78 is 9.99. The van der Waals surface area contributed by atoms with Crippen molar-refractivity contribution in [3.8, 4) is 0 Å². The summed E-state index contributed by atoms with van der Waals surface area (Å²) in [6.07, 6.45) is 0.232. The number of hydrogen-bond acceptors (Lipinski definition) is 4. The maximum absolute atomic E-state index is 11.5. The summed E-state index contributed by atoms with van der Waals surface area (Å²) in [4.78, 5) is 21.8. The lowest BCUT2D eigenvalue weighted by Gasteiger charge is -2.17. The molecule has 0 aliphatic carbocycles. The molecule has 2 atom stereocenters. The molecule has 0 spiro atoms. The normalized spacial score (nSPS) is 13.7. The molecule has 2 unspecified atom stereocenters. The Morgan fingerprint density at radius 2 is 2.00 bits per heavy atom. The number of aliphatic carboxylic acids is 1. The predicted molar refractivity (Wildman–Crippen MR) is 65.5 cm³/mol. The van der Waals surface area contributed by atoms with Crippen LogP contribution < -0.4 is 10.6 Å². The Bertz CT molecular complexity index is 260. The van der Waals surface area contributed by atoms with Crippen molar-refractivity contribution in [2.75, 3.05) is 27.4 Å². The molecule has 0 aromatic rings. The Morgan fingerprint density at radius 3 is 2.50 bits per heavy atom. The molecule has 0 aliphatic rings. The van der Waals surface area contributed by atoms with Gasteiger partial charge < -0.3 is 25.2 Å². The summed E-state index contributed by atoms with van der Waals surface area (Å²) in [6.45, 7) is 2.48. The van der Waals surface area contributed by atoms with Crippen molar-refractivity contribution in [2.45, 2.75) is 31.9 Å². The summed E-state index contributed by atoms with van der Waals surface area (Å²) in [5, 5.41) is 13.8. The molecule has 0 aromatic heterocycles. The number of amides is 2. The molecule has 0 saturated heterocycles. The summed E-state index contributed by atoms with van der Waals surface area (Å²) >= 11 is 0. The van der Waals surface area contributed by atoms with E-state index in [1.165, 1.54) is 0 Å². The lowest BCUT2D eigenvalue weighted by atomic mass is 10.2. The predicted octanol–water partition coefficient (Wildman–Crippen LogP) is 0.200. The number of nitrogens with one attached hydrogen (secondary N) is 2. The lowest BCUT2D eigenvalue weighted by molar-refractivity contribution is -0.137. The number of carbonyl (C=O) groups excluding carboxylic acids is 1. The first kappa shape index (κ1) is 16.7. The van der Waals surface area contributed by atoms with E-state index in [9.17, 15) is 9.59 Å². The van der Waals surface area contributed by atoms with Crippen molar-refractivity contribution >= 4 is 12.0 Å². The Morgan fingerprint density at radius 1 is 1.33 bits per heavy atom. The van der Waals surface area contributed by atoms with Gasteiger partial charge in [0.1, 0.15) is 0 Å². The average Bonchev–Trinajstić information content (AvgIpc) is 2.31. The molecule has 0 aromatic carbocycles. The van der Waals surface area contributed by atoms with Crippen LogP contribution in [0.3, 0.4) is 0 Å². The molecule has 0 bridgehead atoms. The zero-order valence-corrected chi connectivity index (χ0v) is 11.1. The first-order chi connectivity index (χ1) is 8.49. The smallest absolute Gasteiger partial charge is 0.315 e.